The molecule has 0 spiro atoms. The van der Waals surface area contributed by atoms with Gasteiger partial charge in [0.15, 0.2) is 0 Å². The van der Waals surface area contributed by atoms with Crippen LogP contribution in [0, 0.1) is 0 Å². The maximum absolute atomic E-state index is 4.89. The quantitative estimate of drug-likeness (QED) is 0.261. The highest BCUT2D eigenvalue weighted by atomic mass is 14.7. The molecule has 0 saturated carbocycles. The zero-order valence-electron chi connectivity index (χ0n) is 18.3. The fourth-order valence-electron chi connectivity index (χ4n) is 5.17. The largest absolute Gasteiger partial charge is 0.264 e. The minimum atomic E-state index is 0.977. The maximum atomic E-state index is 4.89. The van der Waals surface area contributed by atoms with Crippen molar-refractivity contribution in [2.45, 2.75) is 0 Å². The summed E-state index contributed by atoms with van der Waals surface area (Å²) < 4.78 is 0. The van der Waals surface area contributed by atoms with Gasteiger partial charge in [0.25, 0.3) is 0 Å². The van der Waals surface area contributed by atoms with E-state index in [4.69, 9.17) is 9.97 Å². The third kappa shape index (κ3) is 2.74. The molecule has 3 nitrogen and oxygen atoms in total. The molecule has 7 rings (SSSR count). The summed E-state index contributed by atoms with van der Waals surface area (Å²) in [5.74, 6) is 0. The molecule has 0 radical (unpaired) electrons. The highest BCUT2D eigenvalue weighted by Crippen LogP contribution is 2.44. The molecule has 3 aromatic heterocycles. The normalized spacial score (nSPS) is 11.5. The van der Waals surface area contributed by atoms with Crippen LogP contribution in [0.5, 0.6) is 0 Å². The predicted molar refractivity (Wildman–Crippen MR) is 141 cm³/mol. The molecule has 158 valence electrons. The van der Waals surface area contributed by atoms with Crippen LogP contribution >= 0.6 is 0 Å². The molecule has 0 aliphatic rings. The average molecular weight is 434 g/mol. The van der Waals surface area contributed by atoms with E-state index >= 15 is 0 Å². The fraction of sp³-hybridized carbons (Fsp3) is 0. The number of fused-ring (bicyclic) bond motifs is 4. The molecule has 0 bridgehead atoms. The summed E-state index contributed by atoms with van der Waals surface area (Å²) in [5, 5.41) is 9.15. The summed E-state index contributed by atoms with van der Waals surface area (Å²) in [4.78, 5) is 14.3. The van der Waals surface area contributed by atoms with Gasteiger partial charge in [-0.15, -0.1) is 0 Å². The highest BCUT2D eigenvalue weighted by Gasteiger charge is 2.20. The van der Waals surface area contributed by atoms with Gasteiger partial charge in [-0.1, -0.05) is 72.8 Å². The number of benzene rings is 4. The summed E-state index contributed by atoms with van der Waals surface area (Å²) in [5.41, 5.74) is 4.21. The molecule has 0 fully saturated rings. The lowest BCUT2D eigenvalue weighted by molar-refractivity contribution is 1.34. The zero-order chi connectivity index (χ0) is 22.5. The van der Waals surface area contributed by atoms with Crippen LogP contribution in [0.2, 0.25) is 0 Å². The first-order valence-electron chi connectivity index (χ1n) is 11.4. The van der Waals surface area contributed by atoms with Crippen LogP contribution in [0.4, 0.5) is 0 Å². The fourth-order valence-corrected chi connectivity index (χ4v) is 5.17. The van der Waals surface area contributed by atoms with Crippen molar-refractivity contribution in [2.24, 2.45) is 0 Å². The molecule has 4 aromatic carbocycles. The highest BCUT2D eigenvalue weighted by molar-refractivity contribution is 6.24. The SMILES string of the molecule is c1ccc2c(-c3c4ccccc4c(-c4nccc5ccccc45)c4cnccc34)nccc2c1. The molecule has 0 unspecified atom stereocenters. The van der Waals surface area contributed by atoms with E-state index < -0.39 is 0 Å². The maximum Gasteiger partial charge on any atom is 0.0793 e. The van der Waals surface area contributed by atoms with Gasteiger partial charge >= 0.3 is 0 Å². The Hall–Kier alpha value is -4.63. The lowest BCUT2D eigenvalue weighted by Crippen LogP contribution is -1.95. The topological polar surface area (TPSA) is 38.7 Å². The van der Waals surface area contributed by atoms with Gasteiger partial charge < -0.3 is 0 Å². The number of nitrogens with zero attached hydrogens (tertiary/aromatic N) is 3. The lowest BCUT2D eigenvalue weighted by Gasteiger charge is -2.18. The van der Waals surface area contributed by atoms with Gasteiger partial charge in [0.2, 0.25) is 0 Å². The van der Waals surface area contributed by atoms with Crippen molar-refractivity contribution in [3.05, 3.63) is 116 Å². The monoisotopic (exact) mass is 433 g/mol. The molecular formula is C31H19N3. The first-order valence-corrected chi connectivity index (χ1v) is 11.4. The molecule has 3 heterocycles. The second-order valence-electron chi connectivity index (χ2n) is 8.48. The lowest BCUT2D eigenvalue weighted by atomic mass is 9.87. The van der Waals surface area contributed by atoms with Gasteiger partial charge in [-0.05, 0) is 45.1 Å². The third-order valence-electron chi connectivity index (χ3n) is 6.65. The molecule has 0 aliphatic heterocycles. The number of hydrogen-bond acceptors (Lipinski definition) is 3. The molecule has 0 saturated heterocycles. The van der Waals surface area contributed by atoms with Gasteiger partial charge in [-0.3, -0.25) is 15.0 Å². The van der Waals surface area contributed by atoms with Crippen molar-refractivity contribution in [3.63, 3.8) is 0 Å². The predicted octanol–water partition coefficient (Wildman–Crippen LogP) is 7.82. The van der Waals surface area contributed by atoms with Crippen molar-refractivity contribution in [2.75, 3.05) is 0 Å². The number of hydrogen-bond donors (Lipinski definition) is 0. The van der Waals surface area contributed by atoms with E-state index in [1.165, 1.54) is 10.8 Å². The van der Waals surface area contributed by atoms with Crippen molar-refractivity contribution < 1.29 is 0 Å². The number of pyridine rings is 3. The Morgan fingerprint density at radius 3 is 1.44 bits per heavy atom. The molecule has 0 aliphatic carbocycles. The Morgan fingerprint density at radius 2 is 0.853 bits per heavy atom. The van der Waals surface area contributed by atoms with E-state index in [2.05, 4.69) is 96.0 Å². The van der Waals surface area contributed by atoms with Gasteiger partial charge in [0.05, 0.1) is 11.4 Å². The number of aromatic nitrogens is 3. The Balaban J connectivity index is 1.70. The summed E-state index contributed by atoms with van der Waals surface area (Å²) in [7, 11) is 0. The van der Waals surface area contributed by atoms with E-state index in [0.29, 0.717) is 0 Å². The zero-order valence-corrected chi connectivity index (χ0v) is 18.3. The molecule has 0 N–H and O–H groups in total. The van der Waals surface area contributed by atoms with Crippen LogP contribution in [0.1, 0.15) is 0 Å². The minimum Gasteiger partial charge on any atom is -0.264 e. The summed E-state index contributed by atoms with van der Waals surface area (Å²) in [6.07, 6.45) is 7.63. The molecular weight excluding hydrogens is 414 g/mol. The van der Waals surface area contributed by atoms with E-state index in [-0.39, 0.29) is 0 Å². The average Bonchev–Trinajstić information content (AvgIpc) is 2.91. The van der Waals surface area contributed by atoms with Crippen molar-refractivity contribution in [3.8, 4) is 22.5 Å². The Morgan fingerprint density at radius 1 is 0.382 bits per heavy atom. The van der Waals surface area contributed by atoms with E-state index in [1.807, 2.05) is 24.8 Å². The molecule has 0 amide bonds. The van der Waals surface area contributed by atoms with Gasteiger partial charge in [-0.25, -0.2) is 0 Å². The van der Waals surface area contributed by atoms with Crippen molar-refractivity contribution in [1.82, 2.24) is 15.0 Å². The first kappa shape index (κ1) is 18.9. The molecule has 7 aromatic rings. The Kier molecular flexibility index (Phi) is 4.15. The molecule has 34 heavy (non-hydrogen) atoms. The Labute approximate surface area is 196 Å². The second-order valence-corrected chi connectivity index (χ2v) is 8.48. The second kappa shape index (κ2) is 7.46. The van der Waals surface area contributed by atoms with Crippen LogP contribution in [-0.4, -0.2) is 15.0 Å². The Bertz CT molecular complexity index is 1670. The van der Waals surface area contributed by atoms with Crippen molar-refractivity contribution in [1.29, 1.82) is 0 Å². The summed E-state index contributed by atoms with van der Waals surface area (Å²) in [6.45, 7) is 0. The standard InChI is InChI=1S/C31H19N3/c1-3-9-22-20(7-1)13-17-33-30(22)28-24-11-5-6-12-25(24)29(27-19-32-16-15-26(27)28)31-23-10-4-2-8-21(23)14-18-34-31/h1-19H. The van der Waals surface area contributed by atoms with Gasteiger partial charge in [0.1, 0.15) is 0 Å². The van der Waals surface area contributed by atoms with E-state index in [0.717, 1.165) is 54.8 Å². The third-order valence-corrected chi connectivity index (χ3v) is 6.65. The first-order chi connectivity index (χ1) is 16.9. The van der Waals surface area contributed by atoms with Crippen LogP contribution in [0.25, 0.3) is 65.6 Å². The van der Waals surface area contributed by atoms with Gasteiger partial charge in [-0.2, -0.15) is 0 Å². The van der Waals surface area contributed by atoms with Crippen LogP contribution < -0.4 is 0 Å². The summed E-state index contributed by atoms with van der Waals surface area (Å²) >= 11 is 0. The van der Waals surface area contributed by atoms with E-state index in [9.17, 15) is 0 Å². The summed E-state index contributed by atoms with van der Waals surface area (Å²) in [6, 6.07) is 31.7. The molecule has 0 atom stereocenters. The van der Waals surface area contributed by atoms with Crippen LogP contribution in [0.3, 0.4) is 0 Å². The minimum absolute atomic E-state index is 0.977. The van der Waals surface area contributed by atoms with Crippen LogP contribution in [-0.2, 0) is 0 Å². The molecule has 3 heteroatoms. The van der Waals surface area contributed by atoms with Crippen LogP contribution in [0.15, 0.2) is 116 Å². The van der Waals surface area contributed by atoms with Gasteiger partial charge in [0, 0.05) is 52.1 Å². The smallest absolute Gasteiger partial charge is 0.0793 e. The van der Waals surface area contributed by atoms with E-state index in [1.54, 1.807) is 0 Å². The van der Waals surface area contributed by atoms with Crippen molar-refractivity contribution >= 4 is 43.1 Å². The number of rotatable bonds is 2.